The van der Waals surface area contributed by atoms with E-state index in [0.29, 0.717) is 11.6 Å². The molecule has 0 amide bonds. The van der Waals surface area contributed by atoms with Gasteiger partial charge in [-0.25, -0.2) is 0 Å². The van der Waals surface area contributed by atoms with Crippen LogP contribution in [0.2, 0.25) is 5.02 Å². The number of nitrogens with two attached hydrogens (primary N) is 1. The van der Waals surface area contributed by atoms with E-state index in [2.05, 4.69) is 36.3 Å². The molecule has 1 aromatic carbocycles. The fraction of sp³-hybridized carbons (Fsp3) is 0.400. The Labute approximate surface area is 119 Å². The minimum absolute atomic E-state index is 0.0645. The number of nitrogens with zero attached hydrogens (tertiary/aromatic N) is 2. The lowest BCUT2D eigenvalue weighted by Crippen LogP contribution is -2.19. The molecule has 0 aliphatic carbocycles. The van der Waals surface area contributed by atoms with Crippen molar-refractivity contribution in [2.45, 2.75) is 39.3 Å². The van der Waals surface area contributed by atoms with Gasteiger partial charge in [-0.3, -0.25) is 4.68 Å². The predicted molar refractivity (Wildman–Crippen MR) is 79.3 cm³/mol. The van der Waals surface area contributed by atoms with Gasteiger partial charge in [-0.1, -0.05) is 49.2 Å². The molecule has 102 valence electrons. The lowest BCUT2D eigenvalue weighted by Gasteiger charge is -2.14. The van der Waals surface area contributed by atoms with Crippen LogP contribution in [0.3, 0.4) is 0 Å². The summed E-state index contributed by atoms with van der Waals surface area (Å²) in [5.74, 6) is 0. The third-order valence-electron chi connectivity index (χ3n) is 3.36. The van der Waals surface area contributed by atoms with Crippen LogP contribution in [0.1, 0.15) is 36.2 Å². The summed E-state index contributed by atoms with van der Waals surface area (Å²) in [6, 6.07) is 8.46. The van der Waals surface area contributed by atoms with Crippen molar-refractivity contribution < 1.29 is 0 Å². The first-order valence-corrected chi connectivity index (χ1v) is 7.02. The summed E-state index contributed by atoms with van der Waals surface area (Å²) in [4.78, 5) is 0. The first-order chi connectivity index (χ1) is 9.11. The maximum atomic E-state index is 6.23. The zero-order chi connectivity index (χ0) is 13.8. The van der Waals surface area contributed by atoms with E-state index in [0.717, 1.165) is 24.1 Å². The highest BCUT2D eigenvalue weighted by Crippen LogP contribution is 2.18. The second-order valence-corrected chi connectivity index (χ2v) is 5.27. The molecule has 19 heavy (non-hydrogen) atoms. The van der Waals surface area contributed by atoms with Gasteiger partial charge in [0.1, 0.15) is 0 Å². The number of hydrogen-bond acceptors (Lipinski definition) is 2. The molecule has 0 spiro atoms. The molecule has 0 aliphatic rings. The van der Waals surface area contributed by atoms with Crippen LogP contribution in [0.15, 0.2) is 30.5 Å². The van der Waals surface area contributed by atoms with Crippen molar-refractivity contribution in [3.63, 3.8) is 0 Å². The van der Waals surface area contributed by atoms with Crippen molar-refractivity contribution >= 4 is 11.6 Å². The maximum Gasteiger partial charge on any atom is 0.0814 e. The van der Waals surface area contributed by atoms with E-state index in [1.807, 2.05) is 11.6 Å². The quantitative estimate of drug-likeness (QED) is 0.909. The Bertz CT molecular complexity index is 531. The highest BCUT2D eigenvalue weighted by atomic mass is 35.5. The van der Waals surface area contributed by atoms with Crippen LogP contribution >= 0.6 is 11.6 Å². The zero-order valence-electron chi connectivity index (χ0n) is 11.4. The monoisotopic (exact) mass is 277 g/mol. The van der Waals surface area contributed by atoms with Crippen LogP contribution in [0, 0.1) is 6.92 Å². The Hall–Kier alpha value is -1.32. The fourth-order valence-corrected chi connectivity index (χ4v) is 2.26. The minimum Gasteiger partial charge on any atom is -0.322 e. The average Bonchev–Trinajstić information content (AvgIpc) is 2.72. The van der Waals surface area contributed by atoms with Crippen LogP contribution in [-0.2, 0) is 13.0 Å². The van der Waals surface area contributed by atoms with Gasteiger partial charge in [0, 0.05) is 6.04 Å². The zero-order valence-corrected chi connectivity index (χ0v) is 12.2. The van der Waals surface area contributed by atoms with Crippen molar-refractivity contribution in [3.8, 4) is 0 Å². The molecule has 0 radical (unpaired) electrons. The smallest absolute Gasteiger partial charge is 0.0814 e. The summed E-state index contributed by atoms with van der Waals surface area (Å²) >= 11 is 5.99. The van der Waals surface area contributed by atoms with E-state index < -0.39 is 0 Å². The Kier molecular flexibility index (Phi) is 4.61. The molecule has 1 aromatic heterocycles. The average molecular weight is 278 g/mol. The van der Waals surface area contributed by atoms with Crippen LogP contribution in [0.5, 0.6) is 0 Å². The predicted octanol–water partition coefficient (Wildman–Crippen LogP) is 3.50. The van der Waals surface area contributed by atoms with E-state index in [-0.39, 0.29) is 6.04 Å². The Morgan fingerprint density at radius 1 is 1.32 bits per heavy atom. The molecule has 4 heteroatoms. The molecule has 3 nitrogen and oxygen atoms in total. The lowest BCUT2D eigenvalue weighted by atomic mass is 10.0. The molecule has 0 saturated carbocycles. The van der Waals surface area contributed by atoms with Crippen LogP contribution < -0.4 is 5.73 Å². The summed E-state index contributed by atoms with van der Waals surface area (Å²) in [6.07, 6.45) is 3.94. The van der Waals surface area contributed by atoms with E-state index in [1.54, 1.807) is 6.20 Å². The molecule has 2 rings (SSSR count). The first-order valence-electron chi connectivity index (χ1n) is 6.64. The number of benzene rings is 1. The largest absolute Gasteiger partial charge is 0.322 e. The number of hydrogen-bond donors (Lipinski definition) is 1. The Morgan fingerprint density at radius 3 is 2.53 bits per heavy atom. The van der Waals surface area contributed by atoms with Gasteiger partial charge in [0.05, 0.1) is 23.5 Å². The summed E-state index contributed by atoms with van der Waals surface area (Å²) < 4.78 is 1.85. The van der Waals surface area contributed by atoms with E-state index in [1.165, 1.54) is 5.56 Å². The fourth-order valence-electron chi connectivity index (χ4n) is 2.12. The molecular weight excluding hydrogens is 258 g/mol. The van der Waals surface area contributed by atoms with Gasteiger partial charge in [0.2, 0.25) is 0 Å². The molecule has 1 atom stereocenters. The van der Waals surface area contributed by atoms with Crippen molar-refractivity contribution in [3.05, 3.63) is 52.3 Å². The maximum absolute atomic E-state index is 6.23. The van der Waals surface area contributed by atoms with Gasteiger partial charge in [0.25, 0.3) is 0 Å². The summed E-state index contributed by atoms with van der Waals surface area (Å²) in [5, 5.41) is 4.92. The van der Waals surface area contributed by atoms with Crippen molar-refractivity contribution in [1.82, 2.24) is 9.78 Å². The molecule has 1 unspecified atom stereocenters. The topological polar surface area (TPSA) is 43.8 Å². The number of aryl methyl sites for hydroxylation is 1. The normalized spacial score (nSPS) is 12.6. The van der Waals surface area contributed by atoms with E-state index in [9.17, 15) is 0 Å². The molecule has 0 aliphatic heterocycles. The van der Waals surface area contributed by atoms with E-state index >= 15 is 0 Å². The minimum atomic E-state index is -0.0645. The third kappa shape index (κ3) is 3.37. The molecule has 0 saturated heterocycles. The summed E-state index contributed by atoms with van der Waals surface area (Å²) in [6.45, 7) is 4.78. The van der Waals surface area contributed by atoms with E-state index in [4.69, 9.17) is 17.3 Å². The van der Waals surface area contributed by atoms with Gasteiger partial charge >= 0.3 is 0 Å². The highest BCUT2D eigenvalue weighted by molar-refractivity contribution is 6.31. The van der Waals surface area contributed by atoms with Gasteiger partial charge in [0.15, 0.2) is 0 Å². The molecule has 0 fully saturated rings. The lowest BCUT2D eigenvalue weighted by molar-refractivity contribution is 0.517. The molecule has 0 bridgehead atoms. The van der Waals surface area contributed by atoms with Crippen LogP contribution in [0.25, 0.3) is 0 Å². The summed E-state index contributed by atoms with van der Waals surface area (Å²) in [7, 11) is 0. The molecule has 2 aromatic rings. The van der Waals surface area contributed by atoms with Crippen molar-refractivity contribution in [1.29, 1.82) is 0 Å². The second kappa shape index (κ2) is 6.22. The Balaban J connectivity index is 2.07. The van der Waals surface area contributed by atoms with Crippen LogP contribution in [-0.4, -0.2) is 9.78 Å². The van der Waals surface area contributed by atoms with Crippen LogP contribution in [0.4, 0.5) is 0 Å². The number of rotatable bonds is 5. The van der Waals surface area contributed by atoms with Crippen molar-refractivity contribution in [2.75, 3.05) is 0 Å². The second-order valence-electron chi connectivity index (χ2n) is 4.86. The molecule has 2 N–H and O–H groups in total. The molecular formula is C15H20ClN3. The third-order valence-corrected chi connectivity index (χ3v) is 3.73. The molecule has 1 heterocycles. The van der Waals surface area contributed by atoms with Gasteiger partial charge in [-0.15, -0.1) is 0 Å². The SMILES string of the molecule is CCCc1ccc(C(N)Cn2ncc(Cl)c2C)cc1. The van der Waals surface area contributed by atoms with Gasteiger partial charge in [-0.2, -0.15) is 5.10 Å². The summed E-state index contributed by atoms with van der Waals surface area (Å²) in [5.41, 5.74) is 9.67. The first kappa shape index (κ1) is 14.1. The van der Waals surface area contributed by atoms with Crippen molar-refractivity contribution in [2.24, 2.45) is 5.73 Å². The number of halogens is 1. The van der Waals surface area contributed by atoms with Gasteiger partial charge in [-0.05, 0) is 24.5 Å². The highest BCUT2D eigenvalue weighted by Gasteiger charge is 2.10. The number of aromatic nitrogens is 2. The standard InChI is InChI=1S/C15H20ClN3/c1-3-4-12-5-7-13(8-6-12)15(17)10-19-11(2)14(16)9-18-19/h5-9,15H,3-4,10,17H2,1-2H3. The Morgan fingerprint density at radius 2 is 2.00 bits per heavy atom. The van der Waals surface area contributed by atoms with Gasteiger partial charge < -0.3 is 5.73 Å².